The molecule has 28 heavy (non-hydrogen) atoms. The highest BCUT2D eigenvalue weighted by Crippen LogP contribution is 2.24. The number of imidazole rings is 1. The van der Waals surface area contributed by atoms with E-state index >= 15 is 0 Å². The van der Waals surface area contributed by atoms with Gasteiger partial charge in [-0.1, -0.05) is 49.4 Å². The van der Waals surface area contributed by atoms with Crippen LogP contribution in [-0.2, 0) is 4.79 Å². The van der Waals surface area contributed by atoms with E-state index in [0.717, 1.165) is 33.7 Å². The molecule has 0 saturated heterocycles. The maximum absolute atomic E-state index is 12.3. The number of hydrogen-bond donors (Lipinski definition) is 2. The van der Waals surface area contributed by atoms with Crippen molar-refractivity contribution in [1.29, 1.82) is 0 Å². The highest BCUT2D eigenvalue weighted by Gasteiger charge is 2.16. The molecule has 0 aliphatic heterocycles. The molecule has 2 N–H and O–H groups in total. The zero-order chi connectivity index (χ0) is 19.8. The monoisotopic (exact) mass is 441 g/mol. The average molecular weight is 442 g/mol. The summed E-state index contributed by atoms with van der Waals surface area (Å²) in [6.07, 6.45) is 3.64. The van der Waals surface area contributed by atoms with Gasteiger partial charge in [0.2, 0.25) is 5.91 Å². The van der Waals surface area contributed by atoms with Gasteiger partial charge in [0.05, 0.1) is 29.0 Å². The molecule has 3 aromatic rings. The van der Waals surface area contributed by atoms with Crippen LogP contribution in [0.15, 0.2) is 65.3 Å². The van der Waals surface area contributed by atoms with Crippen LogP contribution in [0, 0.1) is 0 Å². The van der Waals surface area contributed by atoms with E-state index in [1.165, 1.54) is 0 Å². The third kappa shape index (κ3) is 5.45. The fourth-order valence-corrected chi connectivity index (χ4v) is 3.28. The van der Waals surface area contributed by atoms with E-state index < -0.39 is 0 Å². The lowest BCUT2D eigenvalue weighted by atomic mass is 10.2. The molecular weight excluding hydrogens is 418 g/mol. The maximum atomic E-state index is 12.3. The van der Waals surface area contributed by atoms with Gasteiger partial charge < -0.3 is 15.0 Å². The van der Waals surface area contributed by atoms with Crippen molar-refractivity contribution in [2.24, 2.45) is 0 Å². The molecule has 0 radical (unpaired) electrons. The summed E-state index contributed by atoms with van der Waals surface area (Å²) < 4.78 is 6.62. The number of amides is 1. The fraction of sp³-hybridized carbons (Fsp3) is 0.273. The van der Waals surface area contributed by atoms with Gasteiger partial charge in [0.15, 0.2) is 0 Å². The molecule has 1 atom stereocenters. The maximum Gasteiger partial charge on any atom is 0.220 e. The fourth-order valence-electron chi connectivity index (χ4n) is 2.89. The number of para-hydroxylation sites is 1. The number of carbonyl (C=O) groups is 1. The second kappa shape index (κ2) is 10.1. The van der Waals surface area contributed by atoms with Crippen LogP contribution in [0.1, 0.15) is 38.1 Å². The molecular formula is C22H24BrN3O2. The number of aromatic nitrogens is 2. The van der Waals surface area contributed by atoms with Crippen LogP contribution in [0.2, 0.25) is 0 Å². The van der Waals surface area contributed by atoms with E-state index in [4.69, 9.17) is 4.74 Å². The average Bonchev–Trinajstić information content (AvgIpc) is 3.21. The van der Waals surface area contributed by atoms with E-state index in [1.54, 1.807) is 0 Å². The Balaban J connectivity index is 1.48. The zero-order valence-electron chi connectivity index (χ0n) is 15.8. The predicted molar refractivity (Wildman–Crippen MR) is 114 cm³/mol. The van der Waals surface area contributed by atoms with Crippen molar-refractivity contribution in [2.45, 2.75) is 32.2 Å². The lowest BCUT2D eigenvalue weighted by Gasteiger charge is -2.15. The summed E-state index contributed by atoms with van der Waals surface area (Å²) in [5.41, 5.74) is 2.02. The first-order chi connectivity index (χ1) is 13.7. The second-order valence-corrected chi connectivity index (χ2v) is 7.31. The van der Waals surface area contributed by atoms with Gasteiger partial charge >= 0.3 is 0 Å². The van der Waals surface area contributed by atoms with Crippen molar-refractivity contribution < 1.29 is 9.53 Å². The molecule has 1 amide bonds. The minimum atomic E-state index is -0.130. The number of rotatable bonds is 9. The number of hydrogen-bond acceptors (Lipinski definition) is 3. The topological polar surface area (TPSA) is 67.0 Å². The summed E-state index contributed by atoms with van der Waals surface area (Å²) in [7, 11) is 0. The third-order valence-electron chi connectivity index (χ3n) is 4.40. The quantitative estimate of drug-likeness (QED) is 0.444. The molecule has 1 heterocycles. The number of nitrogens with zero attached hydrogens (tertiary/aromatic N) is 1. The molecule has 0 bridgehead atoms. The van der Waals surface area contributed by atoms with Crippen LogP contribution in [0.3, 0.4) is 0 Å². The van der Waals surface area contributed by atoms with Crippen LogP contribution < -0.4 is 10.1 Å². The molecule has 6 heteroatoms. The van der Waals surface area contributed by atoms with Crippen molar-refractivity contribution in [1.82, 2.24) is 15.3 Å². The molecule has 1 aromatic heterocycles. The summed E-state index contributed by atoms with van der Waals surface area (Å²) in [5.74, 6) is 1.57. The first-order valence-corrected chi connectivity index (χ1v) is 10.2. The normalized spacial score (nSPS) is 11.8. The van der Waals surface area contributed by atoms with Crippen molar-refractivity contribution in [3.63, 3.8) is 0 Å². The Morgan fingerprint density at radius 1 is 1.18 bits per heavy atom. The number of ether oxygens (including phenoxy) is 1. The second-order valence-electron chi connectivity index (χ2n) is 6.46. The third-order valence-corrected chi connectivity index (χ3v) is 5.05. The van der Waals surface area contributed by atoms with E-state index in [9.17, 15) is 4.79 Å². The summed E-state index contributed by atoms with van der Waals surface area (Å²) >= 11 is 3.45. The molecule has 146 valence electrons. The van der Waals surface area contributed by atoms with Gasteiger partial charge in [-0.05, 0) is 46.5 Å². The van der Waals surface area contributed by atoms with Gasteiger partial charge in [-0.3, -0.25) is 4.79 Å². The Morgan fingerprint density at radius 2 is 1.93 bits per heavy atom. The summed E-state index contributed by atoms with van der Waals surface area (Å²) in [5, 5.41) is 3.06. The number of halogens is 1. The highest BCUT2D eigenvalue weighted by atomic mass is 79.9. The Kier molecular flexibility index (Phi) is 7.25. The first kappa shape index (κ1) is 20.1. The summed E-state index contributed by atoms with van der Waals surface area (Å²) in [4.78, 5) is 20.1. The smallest absolute Gasteiger partial charge is 0.220 e. The molecule has 5 nitrogen and oxygen atoms in total. The van der Waals surface area contributed by atoms with Gasteiger partial charge in [0.1, 0.15) is 11.6 Å². The van der Waals surface area contributed by atoms with Gasteiger partial charge in [-0.2, -0.15) is 0 Å². The predicted octanol–water partition coefficient (Wildman–Crippen LogP) is 5.27. The number of nitrogens with one attached hydrogen (secondary N) is 2. The minimum Gasteiger partial charge on any atom is -0.492 e. The van der Waals surface area contributed by atoms with Crippen molar-refractivity contribution in [2.75, 3.05) is 6.61 Å². The molecule has 0 spiro atoms. The molecule has 0 aliphatic rings. The van der Waals surface area contributed by atoms with Crippen LogP contribution in [0.5, 0.6) is 5.75 Å². The Hall–Kier alpha value is -2.60. The Bertz CT molecular complexity index is 896. The van der Waals surface area contributed by atoms with Crippen molar-refractivity contribution in [3.05, 3.63) is 71.1 Å². The van der Waals surface area contributed by atoms with Gasteiger partial charge in [0, 0.05) is 6.42 Å². The minimum absolute atomic E-state index is 0.000221. The van der Waals surface area contributed by atoms with Crippen LogP contribution in [0.4, 0.5) is 0 Å². The lowest BCUT2D eigenvalue weighted by molar-refractivity contribution is -0.122. The Labute approximate surface area is 173 Å². The van der Waals surface area contributed by atoms with E-state index in [0.29, 0.717) is 19.4 Å². The standard InChI is InChI=1S/C22H24BrN3O2/c1-2-18(22-24-15-19(26-22)16-9-4-3-5-10-16)25-21(27)13-8-14-28-20-12-7-6-11-17(20)23/h3-7,9-12,15,18H,2,8,13-14H2,1H3,(H,24,26)(H,25,27). The number of H-pyrrole nitrogens is 1. The highest BCUT2D eigenvalue weighted by molar-refractivity contribution is 9.10. The van der Waals surface area contributed by atoms with E-state index in [2.05, 4.69) is 31.2 Å². The van der Waals surface area contributed by atoms with Gasteiger partial charge in [-0.25, -0.2) is 4.98 Å². The SMILES string of the molecule is CCC(NC(=O)CCCOc1ccccc1Br)c1ncc(-c2ccccc2)[nH]1. The van der Waals surface area contributed by atoms with Gasteiger partial charge in [0.25, 0.3) is 0 Å². The van der Waals surface area contributed by atoms with Crippen molar-refractivity contribution in [3.8, 4) is 17.0 Å². The number of aromatic amines is 1. The van der Waals surface area contributed by atoms with Gasteiger partial charge in [-0.15, -0.1) is 0 Å². The largest absolute Gasteiger partial charge is 0.492 e. The summed E-state index contributed by atoms with van der Waals surface area (Å²) in [6, 6.07) is 17.6. The lowest BCUT2D eigenvalue weighted by Crippen LogP contribution is -2.29. The molecule has 0 aliphatic carbocycles. The summed E-state index contributed by atoms with van der Waals surface area (Å²) in [6.45, 7) is 2.53. The molecule has 0 fully saturated rings. The first-order valence-electron chi connectivity index (χ1n) is 9.44. The molecule has 3 rings (SSSR count). The molecule has 1 unspecified atom stereocenters. The zero-order valence-corrected chi connectivity index (χ0v) is 17.4. The Morgan fingerprint density at radius 3 is 2.68 bits per heavy atom. The molecule has 2 aromatic carbocycles. The molecule has 0 saturated carbocycles. The number of benzene rings is 2. The van der Waals surface area contributed by atoms with Crippen LogP contribution in [0.25, 0.3) is 11.3 Å². The van der Waals surface area contributed by atoms with E-state index in [1.807, 2.05) is 67.7 Å². The van der Waals surface area contributed by atoms with Crippen LogP contribution in [-0.4, -0.2) is 22.5 Å². The number of carbonyl (C=O) groups excluding carboxylic acids is 1. The van der Waals surface area contributed by atoms with Crippen LogP contribution >= 0.6 is 15.9 Å². The van der Waals surface area contributed by atoms with Crippen molar-refractivity contribution >= 4 is 21.8 Å². The van der Waals surface area contributed by atoms with E-state index in [-0.39, 0.29) is 11.9 Å².